The summed E-state index contributed by atoms with van der Waals surface area (Å²) in [5, 5.41) is 0. The molecule has 0 aliphatic heterocycles. The van der Waals surface area contributed by atoms with E-state index in [1.165, 1.54) is 5.56 Å². The summed E-state index contributed by atoms with van der Waals surface area (Å²) in [6.45, 7) is 2.17. The largest absolute Gasteiger partial charge is 0.496 e. The van der Waals surface area contributed by atoms with Gasteiger partial charge in [0.2, 0.25) is 0 Å². The first-order valence-electron chi connectivity index (χ1n) is 4.08. The van der Waals surface area contributed by atoms with Crippen molar-refractivity contribution in [2.75, 3.05) is 12.9 Å². The molecular weight excluding hydrogens is 168 g/mol. The Kier molecular flexibility index (Phi) is 4.01. The molecule has 0 amide bonds. The van der Waals surface area contributed by atoms with Gasteiger partial charge in [-0.15, -0.1) is 0 Å². The molecule has 0 saturated heterocycles. The molecule has 0 heterocycles. The first kappa shape index (κ1) is 9.46. The maximum absolute atomic E-state index is 5.23. The third-order valence-electron chi connectivity index (χ3n) is 1.65. The van der Waals surface area contributed by atoms with Crippen molar-refractivity contribution in [3.05, 3.63) is 29.8 Å². The van der Waals surface area contributed by atoms with Gasteiger partial charge in [0.15, 0.2) is 0 Å². The molecule has 1 nitrogen and oxygen atoms in total. The highest BCUT2D eigenvalue weighted by Crippen LogP contribution is 2.22. The van der Waals surface area contributed by atoms with Crippen molar-refractivity contribution in [1.29, 1.82) is 0 Å². The molecule has 0 bridgehead atoms. The second kappa shape index (κ2) is 5.09. The summed E-state index contributed by atoms with van der Waals surface area (Å²) in [5.74, 6) is 3.19. The summed E-state index contributed by atoms with van der Waals surface area (Å²) in [6.07, 6.45) is 0. The van der Waals surface area contributed by atoms with E-state index < -0.39 is 0 Å². The SMILES string of the molecule is CCSCc1ccccc1OC. The lowest BCUT2D eigenvalue weighted by atomic mass is 10.2. The summed E-state index contributed by atoms with van der Waals surface area (Å²) < 4.78 is 5.23. The highest BCUT2D eigenvalue weighted by molar-refractivity contribution is 7.98. The zero-order chi connectivity index (χ0) is 8.81. The van der Waals surface area contributed by atoms with Crippen molar-refractivity contribution in [2.24, 2.45) is 0 Å². The molecule has 0 aliphatic carbocycles. The van der Waals surface area contributed by atoms with Crippen LogP contribution in [0.4, 0.5) is 0 Å². The lowest BCUT2D eigenvalue weighted by Crippen LogP contribution is -1.89. The van der Waals surface area contributed by atoms with Gasteiger partial charge in [-0.1, -0.05) is 25.1 Å². The van der Waals surface area contributed by atoms with Crippen molar-refractivity contribution in [1.82, 2.24) is 0 Å². The Bertz CT molecular complexity index is 235. The third-order valence-corrected chi connectivity index (χ3v) is 2.58. The molecule has 0 unspecified atom stereocenters. The minimum atomic E-state index is 0.999. The zero-order valence-electron chi connectivity index (χ0n) is 7.54. The summed E-state index contributed by atoms with van der Waals surface area (Å²) in [5.41, 5.74) is 1.28. The van der Waals surface area contributed by atoms with E-state index in [0.717, 1.165) is 17.3 Å². The van der Waals surface area contributed by atoms with E-state index in [4.69, 9.17) is 4.74 Å². The van der Waals surface area contributed by atoms with Crippen LogP contribution in [0.1, 0.15) is 12.5 Å². The maximum Gasteiger partial charge on any atom is 0.122 e. The van der Waals surface area contributed by atoms with Gasteiger partial charge in [-0.3, -0.25) is 0 Å². The smallest absolute Gasteiger partial charge is 0.122 e. The molecule has 1 aromatic carbocycles. The van der Waals surface area contributed by atoms with Gasteiger partial charge in [0.05, 0.1) is 7.11 Å². The Labute approximate surface area is 78.1 Å². The van der Waals surface area contributed by atoms with Crippen LogP contribution >= 0.6 is 11.8 Å². The van der Waals surface area contributed by atoms with Gasteiger partial charge >= 0.3 is 0 Å². The highest BCUT2D eigenvalue weighted by Gasteiger charge is 1.99. The molecule has 0 aliphatic rings. The third kappa shape index (κ3) is 2.45. The van der Waals surface area contributed by atoms with E-state index in [-0.39, 0.29) is 0 Å². The maximum atomic E-state index is 5.23. The molecule has 12 heavy (non-hydrogen) atoms. The quantitative estimate of drug-likeness (QED) is 0.708. The van der Waals surface area contributed by atoms with Crippen LogP contribution < -0.4 is 4.74 Å². The van der Waals surface area contributed by atoms with Crippen LogP contribution in [-0.4, -0.2) is 12.9 Å². The van der Waals surface area contributed by atoms with E-state index in [2.05, 4.69) is 13.0 Å². The highest BCUT2D eigenvalue weighted by atomic mass is 32.2. The zero-order valence-corrected chi connectivity index (χ0v) is 8.36. The van der Waals surface area contributed by atoms with E-state index in [1.807, 2.05) is 30.0 Å². The van der Waals surface area contributed by atoms with Crippen LogP contribution in [0.15, 0.2) is 24.3 Å². The molecule has 0 radical (unpaired) electrons. The van der Waals surface area contributed by atoms with Gasteiger partial charge in [0, 0.05) is 11.3 Å². The minimum Gasteiger partial charge on any atom is -0.496 e. The van der Waals surface area contributed by atoms with Gasteiger partial charge in [0.1, 0.15) is 5.75 Å². The minimum absolute atomic E-state index is 0.999. The fraction of sp³-hybridized carbons (Fsp3) is 0.400. The average Bonchev–Trinajstić information content (AvgIpc) is 2.15. The van der Waals surface area contributed by atoms with Crippen molar-refractivity contribution in [3.63, 3.8) is 0 Å². The molecule has 0 saturated carbocycles. The molecule has 66 valence electrons. The standard InChI is InChI=1S/C10H14OS/c1-3-12-8-9-6-4-5-7-10(9)11-2/h4-7H,3,8H2,1-2H3. The monoisotopic (exact) mass is 182 g/mol. The Morgan fingerprint density at radius 1 is 1.33 bits per heavy atom. The summed E-state index contributed by atoms with van der Waals surface area (Å²) in [6, 6.07) is 8.17. The van der Waals surface area contributed by atoms with Gasteiger partial charge < -0.3 is 4.74 Å². The second-order valence-electron chi connectivity index (χ2n) is 2.45. The predicted molar refractivity (Wildman–Crippen MR) is 54.8 cm³/mol. The number of benzene rings is 1. The van der Waals surface area contributed by atoms with Gasteiger partial charge in [-0.2, -0.15) is 11.8 Å². The molecule has 0 N–H and O–H groups in total. The normalized spacial score (nSPS) is 9.83. The van der Waals surface area contributed by atoms with Gasteiger partial charge in [0.25, 0.3) is 0 Å². The lowest BCUT2D eigenvalue weighted by Gasteiger charge is -2.06. The predicted octanol–water partition coefficient (Wildman–Crippen LogP) is 2.95. The van der Waals surface area contributed by atoms with Crippen molar-refractivity contribution in [3.8, 4) is 5.75 Å². The number of rotatable bonds is 4. The van der Waals surface area contributed by atoms with Crippen LogP contribution in [0.2, 0.25) is 0 Å². The number of methoxy groups -OCH3 is 1. The number of hydrogen-bond acceptors (Lipinski definition) is 2. The number of hydrogen-bond donors (Lipinski definition) is 0. The van der Waals surface area contributed by atoms with Crippen LogP contribution in [0.25, 0.3) is 0 Å². The first-order valence-corrected chi connectivity index (χ1v) is 5.23. The van der Waals surface area contributed by atoms with E-state index in [1.54, 1.807) is 7.11 Å². The van der Waals surface area contributed by atoms with Crippen molar-refractivity contribution in [2.45, 2.75) is 12.7 Å². The fourth-order valence-corrected chi connectivity index (χ4v) is 1.70. The molecule has 2 heteroatoms. The molecular formula is C10H14OS. The van der Waals surface area contributed by atoms with Crippen LogP contribution in [0.5, 0.6) is 5.75 Å². The van der Waals surface area contributed by atoms with Crippen molar-refractivity contribution < 1.29 is 4.74 Å². The Morgan fingerprint density at radius 2 is 2.08 bits per heavy atom. The number of thioether (sulfide) groups is 1. The molecule has 0 atom stereocenters. The Hall–Kier alpha value is -0.630. The van der Waals surface area contributed by atoms with Crippen LogP contribution in [0.3, 0.4) is 0 Å². The van der Waals surface area contributed by atoms with Gasteiger partial charge in [-0.05, 0) is 11.8 Å². The van der Waals surface area contributed by atoms with Crippen molar-refractivity contribution >= 4 is 11.8 Å². The fourth-order valence-electron chi connectivity index (χ4n) is 1.03. The average molecular weight is 182 g/mol. The van der Waals surface area contributed by atoms with Gasteiger partial charge in [-0.25, -0.2) is 0 Å². The summed E-state index contributed by atoms with van der Waals surface area (Å²) in [7, 11) is 1.72. The Balaban J connectivity index is 2.68. The molecule has 1 aromatic rings. The first-order chi connectivity index (χ1) is 5.88. The molecule has 0 fully saturated rings. The molecule has 0 spiro atoms. The van der Waals surface area contributed by atoms with Crippen LogP contribution in [-0.2, 0) is 5.75 Å². The Morgan fingerprint density at radius 3 is 2.75 bits per heavy atom. The van der Waals surface area contributed by atoms with E-state index >= 15 is 0 Å². The summed E-state index contributed by atoms with van der Waals surface area (Å²) >= 11 is 1.91. The summed E-state index contributed by atoms with van der Waals surface area (Å²) in [4.78, 5) is 0. The molecule has 0 aromatic heterocycles. The van der Waals surface area contributed by atoms with Crippen LogP contribution in [0, 0.1) is 0 Å². The molecule has 1 rings (SSSR count). The number of para-hydroxylation sites is 1. The van der Waals surface area contributed by atoms with E-state index in [9.17, 15) is 0 Å². The second-order valence-corrected chi connectivity index (χ2v) is 3.72. The number of ether oxygens (including phenoxy) is 1. The topological polar surface area (TPSA) is 9.23 Å². The lowest BCUT2D eigenvalue weighted by molar-refractivity contribution is 0.411. The van der Waals surface area contributed by atoms with E-state index in [0.29, 0.717) is 0 Å².